The second-order valence-corrected chi connectivity index (χ2v) is 9.47. The fourth-order valence-electron chi connectivity index (χ4n) is 4.00. The summed E-state index contributed by atoms with van der Waals surface area (Å²) in [7, 11) is 0. The molecule has 0 saturated carbocycles. The predicted octanol–water partition coefficient (Wildman–Crippen LogP) is 3.69. The largest absolute Gasteiger partial charge is 0.481 e. The number of rotatable bonds is 10. The molecule has 2 unspecified atom stereocenters. The molecule has 0 radical (unpaired) electrons. The van der Waals surface area contributed by atoms with E-state index in [1.807, 2.05) is 72.8 Å². The summed E-state index contributed by atoms with van der Waals surface area (Å²) in [6.45, 7) is 3.14. The van der Waals surface area contributed by atoms with E-state index in [1.165, 1.54) is 0 Å². The van der Waals surface area contributed by atoms with Gasteiger partial charge in [0.2, 0.25) is 11.8 Å². The quantitative estimate of drug-likeness (QED) is 0.220. The molecule has 0 aromatic heterocycles. The summed E-state index contributed by atoms with van der Waals surface area (Å²) < 4.78 is 11.4. The Morgan fingerprint density at radius 3 is 1.37 bits per heavy atom. The molecule has 0 heterocycles. The molecular formula is C31H32N4O6. The Morgan fingerprint density at radius 2 is 0.951 bits per heavy atom. The van der Waals surface area contributed by atoms with Gasteiger partial charge in [-0.1, -0.05) is 60.7 Å². The van der Waals surface area contributed by atoms with Gasteiger partial charge in [-0.3, -0.25) is 40.9 Å². The maximum absolute atomic E-state index is 12.3. The van der Waals surface area contributed by atoms with Crippen LogP contribution in [-0.4, -0.2) is 35.8 Å². The fraction of sp³-hybridized carbons (Fsp3) is 0.226. The molecular weight excluding hydrogens is 524 g/mol. The van der Waals surface area contributed by atoms with E-state index in [-0.39, 0.29) is 19.3 Å². The Balaban J connectivity index is 1.10. The monoisotopic (exact) mass is 556 g/mol. The van der Waals surface area contributed by atoms with Gasteiger partial charge < -0.3 is 9.47 Å². The van der Waals surface area contributed by atoms with Crippen LogP contribution in [0, 0.1) is 0 Å². The van der Waals surface area contributed by atoms with Gasteiger partial charge in [-0.25, -0.2) is 0 Å². The first kappa shape index (κ1) is 28.9. The molecule has 0 aliphatic heterocycles. The van der Waals surface area contributed by atoms with Crippen molar-refractivity contribution in [3.05, 3.63) is 84.9 Å². The van der Waals surface area contributed by atoms with Crippen LogP contribution >= 0.6 is 0 Å². The highest BCUT2D eigenvalue weighted by Gasteiger charge is 2.17. The van der Waals surface area contributed by atoms with E-state index >= 15 is 0 Å². The number of hydrogen-bond acceptors (Lipinski definition) is 6. The zero-order valence-corrected chi connectivity index (χ0v) is 22.8. The number of amides is 4. The van der Waals surface area contributed by atoms with Crippen LogP contribution in [0.3, 0.4) is 0 Å². The lowest BCUT2D eigenvalue weighted by molar-refractivity contribution is -0.133. The second kappa shape index (κ2) is 13.8. The van der Waals surface area contributed by atoms with Gasteiger partial charge in [0.25, 0.3) is 11.8 Å². The first-order valence-electron chi connectivity index (χ1n) is 13.3. The third-order valence-electron chi connectivity index (χ3n) is 6.26. The van der Waals surface area contributed by atoms with E-state index in [0.29, 0.717) is 11.5 Å². The van der Waals surface area contributed by atoms with Gasteiger partial charge in [-0.15, -0.1) is 0 Å². The highest BCUT2D eigenvalue weighted by molar-refractivity contribution is 5.87. The summed E-state index contributed by atoms with van der Waals surface area (Å²) in [5, 5.41) is 4.08. The van der Waals surface area contributed by atoms with Crippen LogP contribution in [0.4, 0.5) is 0 Å². The topological polar surface area (TPSA) is 135 Å². The zero-order valence-electron chi connectivity index (χ0n) is 22.8. The molecule has 10 nitrogen and oxygen atoms in total. The predicted molar refractivity (Wildman–Crippen MR) is 154 cm³/mol. The van der Waals surface area contributed by atoms with Gasteiger partial charge in [0.15, 0.2) is 12.2 Å². The van der Waals surface area contributed by atoms with Crippen molar-refractivity contribution in [1.29, 1.82) is 0 Å². The molecule has 0 aliphatic rings. The van der Waals surface area contributed by atoms with Crippen LogP contribution in [0.5, 0.6) is 11.5 Å². The highest BCUT2D eigenvalue weighted by Crippen LogP contribution is 2.22. The van der Waals surface area contributed by atoms with Gasteiger partial charge in [0.1, 0.15) is 11.5 Å². The average molecular weight is 557 g/mol. The van der Waals surface area contributed by atoms with E-state index in [0.717, 1.165) is 21.5 Å². The van der Waals surface area contributed by atoms with Crippen LogP contribution in [0.1, 0.15) is 33.1 Å². The minimum Gasteiger partial charge on any atom is -0.481 e. The Labute approximate surface area is 237 Å². The van der Waals surface area contributed by atoms with Gasteiger partial charge in [0, 0.05) is 12.8 Å². The van der Waals surface area contributed by atoms with E-state index in [4.69, 9.17) is 9.47 Å². The smallest absolute Gasteiger partial charge is 0.279 e. The van der Waals surface area contributed by atoms with Crippen molar-refractivity contribution >= 4 is 45.2 Å². The number of nitrogens with one attached hydrogen (secondary N) is 4. The molecule has 10 heteroatoms. The molecule has 0 aliphatic carbocycles. The summed E-state index contributed by atoms with van der Waals surface area (Å²) in [5.41, 5.74) is 9.28. The first-order chi connectivity index (χ1) is 19.8. The molecule has 4 N–H and O–H groups in total. The number of hydrogen-bond donors (Lipinski definition) is 4. The number of hydrazine groups is 2. The third-order valence-corrected chi connectivity index (χ3v) is 6.26. The van der Waals surface area contributed by atoms with Crippen molar-refractivity contribution in [2.24, 2.45) is 0 Å². The van der Waals surface area contributed by atoms with Crippen LogP contribution in [0.25, 0.3) is 21.5 Å². The van der Waals surface area contributed by atoms with Crippen molar-refractivity contribution in [3.63, 3.8) is 0 Å². The van der Waals surface area contributed by atoms with Crippen molar-refractivity contribution in [2.75, 3.05) is 0 Å². The number of carbonyl (C=O) groups is 4. The molecule has 41 heavy (non-hydrogen) atoms. The summed E-state index contributed by atoms with van der Waals surface area (Å²) in [4.78, 5) is 48.8. The van der Waals surface area contributed by atoms with Crippen molar-refractivity contribution in [2.45, 2.75) is 45.3 Å². The van der Waals surface area contributed by atoms with Crippen molar-refractivity contribution in [3.8, 4) is 11.5 Å². The minimum absolute atomic E-state index is 0.0109. The summed E-state index contributed by atoms with van der Waals surface area (Å²) in [6, 6.07) is 26.6. The second-order valence-electron chi connectivity index (χ2n) is 9.47. The molecule has 2 atom stereocenters. The summed E-state index contributed by atoms with van der Waals surface area (Å²) >= 11 is 0. The Morgan fingerprint density at radius 1 is 0.561 bits per heavy atom. The Hall–Kier alpha value is -5.12. The SMILES string of the molecule is CC(Oc1ccc2ccccc2c1)C(=O)NNC(=O)CCCC(=O)NNC(=O)C(C)Oc1ccc2ccccc2c1. The van der Waals surface area contributed by atoms with E-state index < -0.39 is 35.8 Å². The average Bonchev–Trinajstić information content (AvgIpc) is 2.98. The van der Waals surface area contributed by atoms with Crippen LogP contribution in [0.2, 0.25) is 0 Å². The van der Waals surface area contributed by atoms with E-state index in [9.17, 15) is 19.2 Å². The van der Waals surface area contributed by atoms with Crippen LogP contribution in [-0.2, 0) is 19.2 Å². The summed E-state index contributed by atoms with van der Waals surface area (Å²) in [6.07, 6.45) is -1.51. The maximum Gasteiger partial charge on any atom is 0.279 e. The first-order valence-corrected chi connectivity index (χ1v) is 13.3. The molecule has 0 spiro atoms. The Bertz CT molecular complexity index is 1440. The van der Waals surface area contributed by atoms with E-state index in [2.05, 4.69) is 21.7 Å². The summed E-state index contributed by atoms with van der Waals surface area (Å²) in [5.74, 6) is -0.911. The maximum atomic E-state index is 12.3. The van der Waals surface area contributed by atoms with Crippen molar-refractivity contribution < 1.29 is 28.7 Å². The standard InChI is InChI=1S/C31H32N4O6/c1-20(40-26-16-14-22-8-3-5-10-24(22)18-26)30(38)34-32-28(36)12-7-13-29(37)33-35-31(39)21(2)41-27-17-15-23-9-4-6-11-25(23)19-27/h3-6,8-11,14-21H,7,12-13H2,1-2H3,(H,32,36)(H,33,37)(H,34,38)(H,35,39). The molecule has 4 aromatic rings. The van der Waals surface area contributed by atoms with Crippen LogP contribution < -0.4 is 31.2 Å². The number of carbonyl (C=O) groups excluding carboxylic acids is 4. The number of fused-ring (bicyclic) bond motifs is 2. The number of ether oxygens (including phenoxy) is 2. The third kappa shape index (κ3) is 8.43. The van der Waals surface area contributed by atoms with Gasteiger partial charge in [-0.05, 0) is 66.1 Å². The number of benzene rings is 4. The molecule has 0 saturated heterocycles. The zero-order chi connectivity index (χ0) is 29.2. The fourth-order valence-corrected chi connectivity index (χ4v) is 4.00. The lowest BCUT2D eigenvalue weighted by Gasteiger charge is -2.16. The van der Waals surface area contributed by atoms with Gasteiger partial charge in [0.05, 0.1) is 0 Å². The molecule has 0 fully saturated rings. The van der Waals surface area contributed by atoms with Crippen molar-refractivity contribution in [1.82, 2.24) is 21.7 Å². The molecule has 4 amide bonds. The molecule has 0 bridgehead atoms. The Kier molecular flexibility index (Phi) is 9.71. The van der Waals surface area contributed by atoms with Gasteiger partial charge >= 0.3 is 0 Å². The molecule has 4 rings (SSSR count). The molecule has 212 valence electrons. The van der Waals surface area contributed by atoms with Crippen LogP contribution in [0.15, 0.2) is 84.9 Å². The minimum atomic E-state index is -0.849. The highest BCUT2D eigenvalue weighted by atomic mass is 16.5. The lowest BCUT2D eigenvalue weighted by atomic mass is 10.1. The lowest BCUT2D eigenvalue weighted by Crippen LogP contribution is -2.47. The normalized spacial score (nSPS) is 12.1. The van der Waals surface area contributed by atoms with Gasteiger partial charge in [-0.2, -0.15) is 0 Å². The molecule has 4 aromatic carbocycles. The van der Waals surface area contributed by atoms with E-state index in [1.54, 1.807) is 26.0 Å².